The number of aryl methyl sites for hydroxylation is 1. The van der Waals surface area contributed by atoms with Crippen LogP contribution in [0.3, 0.4) is 0 Å². The first kappa shape index (κ1) is 32.4. The number of fused-ring (bicyclic) bond motifs is 1. The minimum atomic E-state index is -0.889. The highest BCUT2D eigenvalue weighted by molar-refractivity contribution is 5.79. The minimum Gasteiger partial charge on any atom is -0.497 e. The maximum Gasteiger partial charge on any atom is 0.328 e. The lowest BCUT2D eigenvalue weighted by molar-refractivity contribution is -0.387. The van der Waals surface area contributed by atoms with Gasteiger partial charge in [0.15, 0.2) is 0 Å². The third-order valence-electron chi connectivity index (χ3n) is 8.77. The molecular weight excluding hydrogens is 597 g/mol. The summed E-state index contributed by atoms with van der Waals surface area (Å²) >= 11 is 0. The maximum atomic E-state index is 13.2. The summed E-state index contributed by atoms with van der Waals surface area (Å²) in [7, 11) is 4.81. The number of nitro benzene ring substituents is 1. The van der Waals surface area contributed by atoms with Crippen LogP contribution in [-0.4, -0.2) is 75.2 Å². The second kappa shape index (κ2) is 14.4. The zero-order chi connectivity index (χ0) is 32.8. The Balaban J connectivity index is 0.000000293. The molecule has 1 saturated carbocycles. The smallest absolute Gasteiger partial charge is 0.328 e. The van der Waals surface area contributed by atoms with Gasteiger partial charge in [-0.1, -0.05) is 0 Å². The monoisotopic (exact) mass is 635 g/mol. The van der Waals surface area contributed by atoms with Gasteiger partial charge in [0.05, 0.1) is 30.2 Å². The van der Waals surface area contributed by atoms with E-state index in [1.165, 1.54) is 13.2 Å². The summed E-state index contributed by atoms with van der Waals surface area (Å²) in [6.45, 7) is 3.63. The van der Waals surface area contributed by atoms with E-state index >= 15 is 0 Å². The van der Waals surface area contributed by atoms with Crippen LogP contribution in [0.25, 0.3) is 11.0 Å². The van der Waals surface area contributed by atoms with E-state index in [0.717, 1.165) is 73.6 Å². The predicted molar refractivity (Wildman–Crippen MR) is 170 cm³/mol. The maximum absolute atomic E-state index is 13.2. The highest BCUT2D eigenvalue weighted by atomic mass is 19.1. The number of imidazole rings is 1. The SMILES string of the molecule is COc1ccc([N+](=O)[O-])c(F)c1.COc1ccc2c(c1)n(CC1CCC(C(=O)N3CCN(c4ncccn4)CC3)CC1)c(=O)n2C. The third kappa shape index (κ3) is 7.11. The number of carbonyl (C=O) groups excluding carboxylic acids is 1. The molecule has 244 valence electrons. The Morgan fingerprint density at radius 3 is 2.20 bits per heavy atom. The van der Waals surface area contributed by atoms with E-state index in [4.69, 9.17) is 4.74 Å². The minimum absolute atomic E-state index is 0.00159. The number of rotatable bonds is 7. The van der Waals surface area contributed by atoms with Gasteiger partial charge >= 0.3 is 11.4 Å². The summed E-state index contributed by atoms with van der Waals surface area (Å²) in [4.78, 5) is 48.2. The van der Waals surface area contributed by atoms with Gasteiger partial charge in [0.2, 0.25) is 17.7 Å². The van der Waals surface area contributed by atoms with Crippen LogP contribution in [0.5, 0.6) is 11.5 Å². The van der Waals surface area contributed by atoms with E-state index in [2.05, 4.69) is 19.6 Å². The molecule has 0 bridgehead atoms. The molecule has 1 saturated heterocycles. The first-order valence-electron chi connectivity index (χ1n) is 15.2. The Labute approximate surface area is 265 Å². The highest BCUT2D eigenvalue weighted by Gasteiger charge is 2.32. The fraction of sp³-hybridized carbons (Fsp3) is 0.438. The van der Waals surface area contributed by atoms with Gasteiger partial charge in [-0.2, -0.15) is 4.39 Å². The lowest BCUT2D eigenvalue weighted by Gasteiger charge is -2.37. The third-order valence-corrected chi connectivity index (χ3v) is 8.77. The Bertz CT molecular complexity index is 1730. The van der Waals surface area contributed by atoms with E-state index in [1.54, 1.807) is 24.1 Å². The van der Waals surface area contributed by atoms with Crippen molar-refractivity contribution in [1.82, 2.24) is 24.0 Å². The number of piperazine rings is 1. The van der Waals surface area contributed by atoms with E-state index in [9.17, 15) is 24.1 Å². The molecular formula is C32H38FN7O6. The zero-order valence-corrected chi connectivity index (χ0v) is 26.2. The summed E-state index contributed by atoms with van der Waals surface area (Å²) < 4.78 is 26.4. The number of methoxy groups -OCH3 is 2. The molecule has 0 unspecified atom stereocenters. The zero-order valence-electron chi connectivity index (χ0n) is 26.2. The Morgan fingerprint density at radius 2 is 1.59 bits per heavy atom. The number of aromatic nitrogens is 4. The predicted octanol–water partition coefficient (Wildman–Crippen LogP) is 4.04. The van der Waals surface area contributed by atoms with Gasteiger partial charge in [0, 0.05) is 76.3 Å². The summed E-state index contributed by atoms with van der Waals surface area (Å²) in [6.07, 6.45) is 7.19. The van der Waals surface area contributed by atoms with Crippen LogP contribution >= 0.6 is 0 Å². The van der Waals surface area contributed by atoms with E-state index in [1.807, 2.05) is 40.8 Å². The topological polar surface area (TPSA) is 138 Å². The molecule has 1 aliphatic carbocycles. The molecule has 0 radical (unpaired) electrons. The van der Waals surface area contributed by atoms with Gasteiger partial charge in [-0.15, -0.1) is 0 Å². The molecule has 46 heavy (non-hydrogen) atoms. The van der Waals surface area contributed by atoms with Crippen molar-refractivity contribution in [3.05, 3.63) is 81.3 Å². The fourth-order valence-electron chi connectivity index (χ4n) is 6.15. The fourth-order valence-corrected chi connectivity index (χ4v) is 6.15. The Kier molecular flexibility index (Phi) is 10.1. The Morgan fingerprint density at radius 1 is 0.957 bits per heavy atom. The van der Waals surface area contributed by atoms with Crippen molar-refractivity contribution in [1.29, 1.82) is 0 Å². The van der Waals surface area contributed by atoms with Crippen molar-refractivity contribution in [2.45, 2.75) is 32.2 Å². The second-order valence-corrected chi connectivity index (χ2v) is 11.5. The summed E-state index contributed by atoms with van der Waals surface area (Å²) in [5, 5.41) is 10.1. The van der Waals surface area contributed by atoms with Crippen molar-refractivity contribution >= 4 is 28.6 Å². The van der Waals surface area contributed by atoms with Crippen LogP contribution in [0.4, 0.5) is 16.0 Å². The molecule has 0 atom stereocenters. The van der Waals surface area contributed by atoms with Crippen LogP contribution in [-0.2, 0) is 18.4 Å². The average molecular weight is 636 g/mol. The van der Waals surface area contributed by atoms with Gasteiger partial charge in [0.25, 0.3) is 0 Å². The number of nitrogens with zero attached hydrogens (tertiary/aromatic N) is 7. The molecule has 0 N–H and O–H groups in total. The van der Waals surface area contributed by atoms with Crippen molar-refractivity contribution in [3.63, 3.8) is 0 Å². The standard InChI is InChI=1S/C25H32N6O3.C7H6FNO3/c1-28-21-9-8-20(34-2)16-22(21)31(25(28)33)17-18-4-6-19(7-5-18)23(32)29-12-14-30(15-13-29)24-26-10-3-11-27-24;1-12-5-2-3-7(9(10)11)6(8)4-5/h3,8-11,16,18-19H,4-7,12-15,17H2,1-2H3;2-4H,1H3. The van der Waals surface area contributed by atoms with Gasteiger partial charge in [-0.3, -0.25) is 24.0 Å². The molecule has 1 amide bonds. The molecule has 1 aliphatic heterocycles. The normalized spacial score (nSPS) is 18.1. The molecule has 2 aromatic carbocycles. The van der Waals surface area contributed by atoms with E-state index in [0.29, 0.717) is 25.6 Å². The van der Waals surface area contributed by atoms with Crippen molar-refractivity contribution in [3.8, 4) is 11.5 Å². The van der Waals surface area contributed by atoms with E-state index < -0.39 is 16.4 Å². The van der Waals surface area contributed by atoms with E-state index in [-0.39, 0.29) is 23.3 Å². The van der Waals surface area contributed by atoms with Crippen molar-refractivity contribution in [2.75, 3.05) is 45.3 Å². The molecule has 0 spiro atoms. The Hall–Kier alpha value is -5.01. The molecule has 2 aliphatic rings. The number of hydrogen-bond acceptors (Lipinski definition) is 9. The molecule has 14 heteroatoms. The number of ether oxygens (including phenoxy) is 2. The van der Waals surface area contributed by atoms with Crippen LogP contribution < -0.4 is 20.1 Å². The van der Waals surface area contributed by atoms with Gasteiger partial charge < -0.3 is 19.3 Å². The van der Waals surface area contributed by atoms with Crippen LogP contribution in [0.2, 0.25) is 0 Å². The van der Waals surface area contributed by atoms with Gasteiger partial charge in [-0.25, -0.2) is 14.8 Å². The molecule has 13 nitrogen and oxygen atoms in total. The molecule has 3 heterocycles. The largest absolute Gasteiger partial charge is 0.497 e. The molecule has 2 fully saturated rings. The summed E-state index contributed by atoms with van der Waals surface area (Å²) in [6, 6.07) is 10.9. The lowest BCUT2D eigenvalue weighted by Crippen LogP contribution is -2.51. The van der Waals surface area contributed by atoms with Crippen LogP contribution in [0.1, 0.15) is 25.7 Å². The number of benzene rings is 2. The van der Waals surface area contributed by atoms with Crippen molar-refractivity contribution in [2.24, 2.45) is 18.9 Å². The molecule has 6 rings (SSSR count). The first-order valence-corrected chi connectivity index (χ1v) is 15.2. The van der Waals surface area contributed by atoms with Crippen molar-refractivity contribution < 1.29 is 23.6 Å². The number of carbonyl (C=O) groups is 1. The molecule has 4 aromatic rings. The van der Waals surface area contributed by atoms with Gasteiger partial charge in [0.1, 0.15) is 11.5 Å². The molecule has 2 aromatic heterocycles. The average Bonchev–Trinajstić information content (AvgIpc) is 3.32. The quantitative estimate of drug-likeness (QED) is 0.218. The number of anilines is 1. The van der Waals surface area contributed by atoms with Crippen LogP contribution in [0, 0.1) is 27.8 Å². The van der Waals surface area contributed by atoms with Gasteiger partial charge in [-0.05, 0) is 55.9 Å². The lowest BCUT2D eigenvalue weighted by atomic mass is 9.81. The highest BCUT2D eigenvalue weighted by Crippen LogP contribution is 2.32. The summed E-state index contributed by atoms with van der Waals surface area (Å²) in [5.41, 5.74) is 1.28. The van der Waals surface area contributed by atoms with Crippen LogP contribution in [0.15, 0.2) is 59.7 Å². The summed E-state index contributed by atoms with van der Waals surface area (Å²) in [5.74, 6) is 1.61. The number of nitro groups is 1. The number of amides is 1. The number of halogens is 1. The number of hydrogen-bond donors (Lipinski definition) is 0. The second-order valence-electron chi connectivity index (χ2n) is 11.5. The first-order chi connectivity index (χ1) is 22.2.